The molecule has 0 heterocycles. The second kappa shape index (κ2) is 7.20. The molecule has 0 aliphatic rings. The smallest absolute Gasteiger partial charge is 0.189 e. The van der Waals surface area contributed by atoms with E-state index in [0.717, 1.165) is 0 Å². The van der Waals surface area contributed by atoms with Gasteiger partial charge in [-0.15, -0.1) is 0 Å². The Morgan fingerprint density at radius 1 is 1.17 bits per heavy atom. The summed E-state index contributed by atoms with van der Waals surface area (Å²) in [7, 11) is 3.11. The van der Waals surface area contributed by atoms with Gasteiger partial charge >= 0.3 is 0 Å². The molecule has 2 aromatic carbocycles. The number of phenolic OH excluding ortho intramolecular Hbond substituents is 1. The van der Waals surface area contributed by atoms with Gasteiger partial charge in [-0.1, -0.05) is 11.6 Å². The van der Waals surface area contributed by atoms with Crippen molar-refractivity contribution in [2.24, 2.45) is 0 Å². The van der Waals surface area contributed by atoms with Gasteiger partial charge in [-0.25, -0.2) is 0 Å². The number of aromatic hydroxyl groups is 1. The number of hydrogen-bond acceptors (Lipinski definition) is 4. The molecule has 0 fully saturated rings. The molecule has 1 N–H and O–H groups in total. The second-order valence-corrected chi connectivity index (χ2v) is 5.33. The van der Waals surface area contributed by atoms with Crippen LogP contribution in [-0.2, 0) is 0 Å². The lowest BCUT2D eigenvalue weighted by molar-refractivity contribution is 0.104. The van der Waals surface area contributed by atoms with E-state index < -0.39 is 0 Å². The summed E-state index contributed by atoms with van der Waals surface area (Å²) in [6.45, 7) is 1.76. The number of carbonyl (C=O) groups excluding carboxylic acids is 1. The summed E-state index contributed by atoms with van der Waals surface area (Å²) < 4.78 is 10.4. The zero-order valence-electron chi connectivity index (χ0n) is 13.1. The molecule has 0 aliphatic heterocycles. The molecule has 0 aromatic heterocycles. The van der Waals surface area contributed by atoms with Crippen LogP contribution in [0.3, 0.4) is 0 Å². The fourth-order valence-corrected chi connectivity index (χ4v) is 2.25. The van der Waals surface area contributed by atoms with Gasteiger partial charge in [0.05, 0.1) is 19.8 Å². The fourth-order valence-electron chi connectivity index (χ4n) is 2.09. The number of allylic oxidation sites excluding steroid dienone is 1. The number of methoxy groups -OCH3 is 2. The first-order chi connectivity index (χ1) is 11.0. The highest BCUT2D eigenvalue weighted by atomic mass is 35.5. The monoisotopic (exact) mass is 332 g/mol. The molecule has 0 aliphatic carbocycles. The highest BCUT2D eigenvalue weighted by molar-refractivity contribution is 6.32. The van der Waals surface area contributed by atoms with Crippen molar-refractivity contribution < 1.29 is 19.4 Å². The summed E-state index contributed by atoms with van der Waals surface area (Å²) in [5.41, 5.74) is 1.55. The molecule has 4 nitrogen and oxygen atoms in total. The molecule has 2 aromatic rings. The van der Waals surface area contributed by atoms with Gasteiger partial charge in [0, 0.05) is 10.6 Å². The lowest BCUT2D eigenvalue weighted by atomic mass is 10.1. The maximum atomic E-state index is 12.3. The average molecular weight is 333 g/mol. The van der Waals surface area contributed by atoms with E-state index >= 15 is 0 Å². The van der Waals surface area contributed by atoms with E-state index in [1.165, 1.54) is 18.2 Å². The molecule has 0 amide bonds. The van der Waals surface area contributed by atoms with Gasteiger partial charge in [0.1, 0.15) is 17.2 Å². The number of ether oxygens (including phenoxy) is 2. The van der Waals surface area contributed by atoms with Crippen molar-refractivity contribution in [1.82, 2.24) is 0 Å². The number of rotatable bonds is 5. The minimum atomic E-state index is -0.353. The summed E-state index contributed by atoms with van der Waals surface area (Å²) in [5.74, 6) is 0.813. The van der Waals surface area contributed by atoms with Crippen LogP contribution in [0.15, 0.2) is 36.4 Å². The Balaban J connectivity index is 2.33. The number of halogens is 1. The van der Waals surface area contributed by atoms with Crippen molar-refractivity contribution in [1.29, 1.82) is 0 Å². The molecule has 0 saturated heterocycles. The molecule has 120 valence electrons. The lowest BCUT2D eigenvalue weighted by Gasteiger charge is -2.07. The van der Waals surface area contributed by atoms with Crippen LogP contribution in [-0.4, -0.2) is 25.1 Å². The molecule has 0 spiro atoms. The third-order valence-corrected chi connectivity index (χ3v) is 3.80. The van der Waals surface area contributed by atoms with Crippen LogP contribution in [0, 0.1) is 6.92 Å². The molecule has 0 atom stereocenters. The van der Waals surface area contributed by atoms with E-state index in [4.69, 9.17) is 21.1 Å². The van der Waals surface area contributed by atoms with Gasteiger partial charge in [0.25, 0.3) is 0 Å². The van der Waals surface area contributed by atoms with Crippen LogP contribution >= 0.6 is 11.6 Å². The Bertz CT molecular complexity index is 766. The zero-order chi connectivity index (χ0) is 17.0. The third-order valence-electron chi connectivity index (χ3n) is 3.39. The molecule has 2 rings (SSSR count). The average Bonchev–Trinajstić information content (AvgIpc) is 2.55. The summed E-state index contributed by atoms with van der Waals surface area (Å²) in [5, 5.41) is 10.3. The molecule has 0 saturated carbocycles. The van der Waals surface area contributed by atoms with Gasteiger partial charge < -0.3 is 14.6 Å². The Morgan fingerprint density at radius 2 is 1.91 bits per heavy atom. The number of phenols is 1. The largest absolute Gasteiger partial charge is 0.507 e. The summed E-state index contributed by atoms with van der Waals surface area (Å²) in [6, 6.07) is 8.20. The zero-order valence-corrected chi connectivity index (χ0v) is 13.8. The predicted molar refractivity (Wildman–Crippen MR) is 90.8 cm³/mol. The SMILES string of the molecule is COc1ccc(OC)c(C=CC(=O)c2cc(Cl)c(C)cc2O)c1. The Morgan fingerprint density at radius 3 is 2.57 bits per heavy atom. The lowest BCUT2D eigenvalue weighted by Crippen LogP contribution is -1.96. The molecule has 23 heavy (non-hydrogen) atoms. The normalized spacial score (nSPS) is 10.8. The van der Waals surface area contributed by atoms with Crippen molar-refractivity contribution in [3.63, 3.8) is 0 Å². The first-order valence-corrected chi connectivity index (χ1v) is 7.27. The Kier molecular flexibility index (Phi) is 5.29. The first kappa shape index (κ1) is 16.9. The fraction of sp³-hybridized carbons (Fsp3) is 0.167. The van der Waals surface area contributed by atoms with Gasteiger partial charge in [-0.05, 0) is 55.0 Å². The molecular formula is C18H17ClO4. The van der Waals surface area contributed by atoms with Crippen molar-refractivity contribution in [2.45, 2.75) is 6.92 Å². The Hall–Kier alpha value is -2.46. The van der Waals surface area contributed by atoms with E-state index in [2.05, 4.69) is 0 Å². The van der Waals surface area contributed by atoms with Crippen LogP contribution in [0.4, 0.5) is 0 Å². The van der Waals surface area contributed by atoms with E-state index in [0.29, 0.717) is 27.6 Å². The second-order valence-electron chi connectivity index (χ2n) is 4.92. The van der Waals surface area contributed by atoms with Crippen molar-refractivity contribution in [3.05, 3.63) is 58.1 Å². The van der Waals surface area contributed by atoms with E-state index in [9.17, 15) is 9.90 Å². The number of ketones is 1. The highest BCUT2D eigenvalue weighted by Gasteiger charge is 2.11. The van der Waals surface area contributed by atoms with Crippen molar-refractivity contribution >= 4 is 23.5 Å². The third kappa shape index (κ3) is 3.85. The highest BCUT2D eigenvalue weighted by Crippen LogP contribution is 2.28. The van der Waals surface area contributed by atoms with Gasteiger partial charge in [-0.3, -0.25) is 4.79 Å². The summed E-state index contributed by atoms with van der Waals surface area (Å²) >= 11 is 6.01. The van der Waals surface area contributed by atoms with E-state index in [-0.39, 0.29) is 17.1 Å². The molecular weight excluding hydrogens is 316 g/mol. The van der Waals surface area contributed by atoms with Crippen LogP contribution in [0.5, 0.6) is 17.2 Å². The topological polar surface area (TPSA) is 55.8 Å². The number of benzene rings is 2. The van der Waals surface area contributed by atoms with Crippen molar-refractivity contribution in [3.8, 4) is 17.2 Å². The standard InChI is InChI=1S/C18H17ClO4/c1-11-8-17(21)14(10-15(11)19)16(20)6-4-12-9-13(22-2)5-7-18(12)23-3/h4-10,21H,1-3H3. The van der Waals surface area contributed by atoms with E-state index in [1.807, 2.05) is 0 Å². The predicted octanol–water partition coefficient (Wildman–Crippen LogP) is 4.27. The minimum absolute atomic E-state index is 0.0980. The number of aryl methyl sites for hydroxylation is 1. The van der Waals surface area contributed by atoms with Crippen LogP contribution in [0.25, 0.3) is 6.08 Å². The van der Waals surface area contributed by atoms with Gasteiger partial charge in [-0.2, -0.15) is 0 Å². The summed E-state index contributed by atoms with van der Waals surface area (Å²) in [6.07, 6.45) is 2.97. The quantitative estimate of drug-likeness (QED) is 0.656. The first-order valence-electron chi connectivity index (χ1n) is 6.89. The van der Waals surface area contributed by atoms with Crippen LogP contribution in [0.1, 0.15) is 21.5 Å². The van der Waals surface area contributed by atoms with Crippen LogP contribution < -0.4 is 9.47 Å². The van der Waals surface area contributed by atoms with Gasteiger partial charge in [0.15, 0.2) is 5.78 Å². The maximum Gasteiger partial charge on any atom is 0.189 e. The Labute approximate surface area is 139 Å². The van der Waals surface area contributed by atoms with Gasteiger partial charge in [0.2, 0.25) is 0 Å². The summed E-state index contributed by atoms with van der Waals surface area (Å²) in [4.78, 5) is 12.3. The maximum absolute atomic E-state index is 12.3. The minimum Gasteiger partial charge on any atom is -0.507 e. The molecule has 0 bridgehead atoms. The molecule has 0 radical (unpaired) electrons. The van der Waals surface area contributed by atoms with Crippen molar-refractivity contribution in [2.75, 3.05) is 14.2 Å². The van der Waals surface area contributed by atoms with Crippen LogP contribution in [0.2, 0.25) is 5.02 Å². The number of carbonyl (C=O) groups is 1. The molecule has 0 unspecified atom stereocenters. The van der Waals surface area contributed by atoms with E-state index in [1.54, 1.807) is 45.4 Å². The molecule has 5 heteroatoms. The number of hydrogen-bond donors (Lipinski definition) is 1.